The number of carbonyl (C=O) groups is 1. The van der Waals surface area contributed by atoms with Crippen LogP contribution in [0.4, 0.5) is 5.82 Å². The fraction of sp³-hybridized carbons (Fsp3) is 0.484. The number of amides is 1. The molecule has 1 aliphatic heterocycles. The van der Waals surface area contributed by atoms with Crippen molar-refractivity contribution in [2.45, 2.75) is 46.6 Å². The number of para-hydroxylation sites is 1. The summed E-state index contributed by atoms with van der Waals surface area (Å²) in [6.45, 7) is 15.2. The maximum atomic E-state index is 13.9. The van der Waals surface area contributed by atoms with Gasteiger partial charge in [-0.25, -0.2) is 4.68 Å². The Bertz CT molecular complexity index is 1180. The molecule has 0 N–H and O–H groups in total. The average Bonchev–Trinajstić information content (AvgIpc) is 3.66. The minimum atomic E-state index is 0.0853. The maximum Gasteiger partial charge on any atom is 0.226 e. The van der Waals surface area contributed by atoms with Crippen molar-refractivity contribution in [3.8, 4) is 5.69 Å². The molecule has 2 heterocycles. The van der Waals surface area contributed by atoms with Gasteiger partial charge in [0.15, 0.2) is 0 Å². The van der Waals surface area contributed by atoms with Crippen LogP contribution in [0.1, 0.15) is 49.9 Å². The van der Waals surface area contributed by atoms with E-state index in [1.54, 1.807) is 0 Å². The Morgan fingerprint density at radius 2 is 1.65 bits per heavy atom. The van der Waals surface area contributed by atoms with Gasteiger partial charge in [-0.05, 0) is 49.4 Å². The van der Waals surface area contributed by atoms with Gasteiger partial charge in [0, 0.05) is 44.2 Å². The highest BCUT2D eigenvalue weighted by molar-refractivity contribution is 5.83. The summed E-state index contributed by atoms with van der Waals surface area (Å²) in [5.41, 5.74) is 4.54. The lowest BCUT2D eigenvalue weighted by atomic mass is 10.1. The second-order valence-corrected chi connectivity index (χ2v) is 11.0. The van der Waals surface area contributed by atoms with Crippen molar-refractivity contribution in [2.75, 3.05) is 44.2 Å². The van der Waals surface area contributed by atoms with Crippen LogP contribution >= 0.6 is 0 Å². The smallest absolute Gasteiger partial charge is 0.226 e. The zero-order valence-corrected chi connectivity index (χ0v) is 22.8. The standard InChI is InChI=1S/C31H41N5O/c1-5-33-16-18-34(19-17-33)30-29(24(4)32-36(30)26-14-10-7-11-15-26)22-35(21-23(2)3)31(37)28-20-27(28)25-12-8-6-9-13-25/h6-15,23,27-28H,5,16-22H2,1-4H3/t27-,28?/m0/s1. The summed E-state index contributed by atoms with van der Waals surface area (Å²) in [5.74, 6) is 2.27. The van der Waals surface area contributed by atoms with Gasteiger partial charge in [-0.15, -0.1) is 0 Å². The van der Waals surface area contributed by atoms with Gasteiger partial charge < -0.3 is 14.7 Å². The third-order valence-electron chi connectivity index (χ3n) is 7.86. The highest BCUT2D eigenvalue weighted by atomic mass is 16.2. The Labute approximate surface area is 221 Å². The average molecular weight is 500 g/mol. The Hall–Kier alpha value is -3.12. The third kappa shape index (κ3) is 5.59. The van der Waals surface area contributed by atoms with Crippen LogP contribution in [0.2, 0.25) is 0 Å². The molecule has 2 aromatic carbocycles. The number of rotatable bonds is 9. The summed E-state index contributed by atoms with van der Waals surface area (Å²) in [5, 5.41) is 5.03. The number of aromatic nitrogens is 2. The zero-order valence-electron chi connectivity index (χ0n) is 22.8. The van der Waals surface area contributed by atoms with E-state index < -0.39 is 0 Å². The maximum absolute atomic E-state index is 13.9. The van der Waals surface area contributed by atoms with E-state index in [0.717, 1.165) is 62.9 Å². The second-order valence-electron chi connectivity index (χ2n) is 11.0. The monoisotopic (exact) mass is 499 g/mol. The lowest BCUT2D eigenvalue weighted by molar-refractivity contribution is -0.133. The summed E-state index contributed by atoms with van der Waals surface area (Å²) in [7, 11) is 0. The van der Waals surface area contributed by atoms with Gasteiger partial charge >= 0.3 is 0 Å². The van der Waals surface area contributed by atoms with Gasteiger partial charge in [0.1, 0.15) is 5.82 Å². The van der Waals surface area contributed by atoms with Crippen molar-refractivity contribution >= 4 is 11.7 Å². The molecule has 2 aliphatic rings. The molecular weight excluding hydrogens is 458 g/mol. The topological polar surface area (TPSA) is 44.6 Å². The predicted octanol–water partition coefficient (Wildman–Crippen LogP) is 5.11. The van der Waals surface area contributed by atoms with Crippen molar-refractivity contribution in [3.63, 3.8) is 0 Å². The fourth-order valence-corrected chi connectivity index (χ4v) is 5.72. The second kappa shape index (κ2) is 11.1. The van der Waals surface area contributed by atoms with Gasteiger partial charge in [-0.3, -0.25) is 4.79 Å². The highest BCUT2D eigenvalue weighted by Crippen LogP contribution is 2.48. The van der Waals surface area contributed by atoms with Crippen LogP contribution in [-0.4, -0.2) is 64.8 Å². The molecule has 0 spiro atoms. The normalized spacial score (nSPS) is 19.9. The van der Waals surface area contributed by atoms with Crippen molar-refractivity contribution in [3.05, 3.63) is 77.5 Å². The summed E-state index contributed by atoms with van der Waals surface area (Å²) in [6.07, 6.45) is 0.950. The van der Waals surface area contributed by atoms with Crippen molar-refractivity contribution in [2.24, 2.45) is 11.8 Å². The minimum absolute atomic E-state index is 0.0853. The van der Waals surface area contributed by atoms with E-state index in [-0.39, 0.29) is 11.8 Å². The van der Waals surface area contributed by atoms with Crippen LogP contribution in [0.5, 0.6) is 0 Å². The van der Waals surface area contributed by atoms with Crippen LogP contribution in [0.25, 0.3) is 5.69 Å². The van der Waals surface area contributed by atoms with Crippen LogP contribution in [0.3, 0.4) is 0 Å². The molecule has 1 saturated heterocycles. The van der Waals surface area contributed by atoms with Crippen LogP contribution in [0.15, 0.2) is 60.7 Å². The van der Waals surface area contributed by atoms with E-state index in [9.17, 15) is 4.79 Å². The molecule has 2 fully saturated rings. The molecule has 37 heavy (non-hydrogen) atoms. The number of benzene rings is 2. The van der Waals surface area contributed by atoms with E-state index in [1.165, 1.54) is 11.1 Å². The van der Waals surface area contributed by atoms with E-state index in [2.05, 4.69) is 95.6 Å². The Morgan fingerprint density at radius 3 is 2.27 bits per heavy atom. The van der Waals surface area contributed by atoms with Gasteiger partial charge in [-0.1, -0.05) is 69.3 Å². The van der Waals surface area contributed by atoms with Crippen LogP contribution < -0.4 is 4.90 Å². The first-order chi connectivity index (χ1) is 18.0. The van der Waals surface area contributed by atoms with Gasteiger partial charge in [0.2, 0.25) is 5.91 Å². The quantitative estimate of drug-likeness (QED) is 0.410. The first-order valence-corrected chi connectivity index (χ1v) is 13.9. The molecule has 196 valence electrons. The molecular formula is C31H41N5O. The number of piperazine rings is 1. The molecule has 0 bridgehead atoms. The number of nitrogens with zero attached hydrogens (tertiary/aromatic N) is 5. The van der Waals surface area contributed by atoms with Gasteiger partial charge in [-0.2, -0.15) is 5.10 Å². The summed E-state index contributed by atoms with van der Waals surface area (Å²) in [6, 6.07) is 20.9. The van der Waals surface area contributed by atoms with Crippen molar-refractivity contribution in [1.29, 1.82) is 0 Å². The summed E-state index contributed by atoms with van der Waals surface area (Å²) >= 11 is 0. The molecule has 1 saturated carbocycles. The van der Waals surface area contributed by atoms with Crippen molar-refractivity contribution < 1.29 is 4.79 Å². The van der Waals surface area contributed by atoms with Crippen LogP contribution in [-0.2, 0) is 11.3 Å². The number of likely N-dealkylation sites (N-methyl/N-ethyl adjacent to an activating group) is 1. The molecule has 6 nitrogen and oxygen atoms in total. The molecule has 1 amide bonds. The molecule has 6 heteroatoms. The number of aryl methyl sites for hydroxylation is 1. The minimum Gasteiger partial charge on any atom is -0.354 e. The first kappa shape index (κ1) is 25.5. The number of anilines is 1. The summed E-state index contributed by atoms with van der Waals surface area (Å²) < 4.78 is 2.11. The number of hydrogen-bond donors (Lipinski definition) is 0. The van der Waals surface area contributed by atoms with E-state index in [0.29, 0.717) is 18.4 Å². The highest BCUT2D eigenvalue weighted by Gasteiger charge is 2.46. The fourth-order valence-electron chi connectivity index (χ4n) is 5.72. The van der Waals surface area contributed by atoms with Crippen molar-refractivity contribution in [1.82, 2.24) is 19.6 Å². The summed E-state index contributed by atoms with van der Waals surface area (Å²) in [4.78, 5) is 21.0. The third-order valence-corrected chi connectivity index (χ3v) is 7.86. The Balaban J connectivity index is 1.45. The zero-order chi connectivity index (χ0) is 25.9. The van der Waals surface area contributed by atoms with E-state index in [1.807, 2.05) is 12.1 Å². The van der Waals surface area contributed by atoms with Gasteiger partial charge in [0.05, 0.1) is 17.9 Å². The number of hydrogen-bond acceptors (Lipinski definition) is 4. The molecule has 2 atom stereocenters. The first-order valence-electron chi connectivity index (χ1n) is 13.9. The van der Waals surface area contributed by atoms with E-state index >= 15 is 0 Å². The Kier molecular flexibility index (Phi) is 7.65. The molecule has 5 rings (SSSR count). The van der Waals surface area contributed by atoms with Crippen LogP contribution in [0, 0.1) is 18.8 Å². The number of carbonyl (C=O) groups excluding carboxylic acids is 1. The molecule has 3 aromatic rings. The van der Waals surface area contributed by atoms with E-state index in [4.69, 9.17) is 5.10 Å². The molecule has 1 aliphatic carbocycles. The molecule has 1 aromatic heterocycles. The van der Waals surface area contributed by atoms with Gasteiger partial charge in [0.25, 0.3) is 0 Å². The lowest BCUT2D eigenvalue weighted by Crippen LogP contribution is -2.47. The SMILES string of the molecule is CCN1CCN(c2c(CN(CC(C)C)C(=O)C3C[C@H]3c3ccccc3)c(C)nn2-c2ccccc2)CC1. The predicted molar refractivity (Wildman–Crippen MR) is 150 cm³/mol. The molecule has 1 unspecified atom stereocenters. The molecule has 0 radical (unpaired) electrons. The largest absolute Gasteiger partial charge is 0.354 e. The lowest BCUT2D eigenvalue weighted by Gasteiger charge is -2.36. The Morgan fingerprint density at radius 1 is 1.00 bits per heavy atom.